The number of aromatic carboxylic acids is 1. The number of hydrogen-bond acceptors (Lipinski definition) is 8. The molecule has 1 aliphatic heterocycles. The zero-order chi connectivity index (χ0) is 42.6. The van der Waals surface area contributed by atoms with Gasteiger partial charge in [0, 0.05) is 57.1 Å². The van der Waals surface area contributed by atoms with Crippen molar-refractivity contribution in [1.29, 1.82) is 0 Å². The maximum Gasteiger partial charge on any atom is 0.352 e. The number of carbonyl (C=O) groups excluding carboxylic acids is 1. The van der Waals surface area contributed by atoms with Gasteiger partial charge in [0.05, 0.1) is 47.7 Å². The highest BCUT2D eigenvalue weighted by Crippen LogP contribution is 2.46. The number of carboxylic acid groups (broad SMARTS) is 1. The van der Waals surface area contributed by atoms with Crippen molar-refractivity contribution in [3.05, 3.63) is 128 Å². The molecule has 4 aromatic heterocycles. The number of aryl methyl sites for hydroxylation is 5. The minimum Gasteiger partial charge on any atom is -0.496 e. The summed E-state index contributed by atoms with van der Waals surface area (Å²) in [5.74, 6) is 0.144. The molecule has 0 fully saturated rings. The topological polar surface area (TPSA) is 145 Å². The van der Waals surface area contributed by atoms with Crippen LogP contribution in [-0.2, 0) is 19.6 Å². The number of aliphatic hydroxyl groups excluding tert-OH is 1. The van der Waals surface area contributed by atoms with E-state index in [0.717, 1.165) is 38.9 Å². The van der Waals surface area contributed by atoms with E-state index in [-0.39, 0.29) is 37.3 Å². The molecule has 2 N–H and O–H groups in total. The number of hydrogen-bond donors (Lipinski definition) is 2. The normalized spacial score (nSPS) is 14.0. The molecule has 0 radical (unpaired) electrons. The molecule has 7 aromatic rings. The Bertz CT molecular complexity index is 2810. The molecule has 0 saturated carbocycles. The van der Waals surface area contributed by atoms with Crippen LogP contribution < -0.4 is 14.4 Å². The van der Waals surface area contributed by atoms with Crippen LogP contribution in [0.4, 0.5) is 5.69 Å². The molecule has 308 valence electrons. The molecule has 8 rings (SSSR count). The largest absolute Gasteiger partial charge is 0.496 e. The van der Waals surface area contributed by atoms with Crippen LogP contribution in [0, 0.1) is 27.7 Å². The number of fused-ring (bicyclic) bond motifs is 4. The summed E-state index contributed by atoms with van der Waals surface area (Å²) in [6.45, 7) is 10.2. The molecule has 1 atom stereocenters. The third kappa shape index (κ3) is 7.02. The number of pyridine rings is 1. The van der Waals surface area contributed by atoms with Gasteiger partial charge in [-0.2, -0.15) is 0 Å². The second-order valence-corrected chi connectivity index (χ2v) is 16.0. The zero-order valence-electron chi connectivity index (χ0n) is 34.1. The molecule has 3 aromatic carbocycles. The highest BCUT2D eigenvalue weighted by atomic mass is 35.5. The molecular formula is C46H44Cl2N6O6. The van der Waals surface area contributed by atoms with Crippen molar-refractivity contribution < 1.29 is 29.3 Å². The van der Waals surface area contributed by atoms with Crippen molar-refractivity contribution in [3.63, 3.8) is 0 Å². The Morgan fingerprint density at radius 2 is 1.67 bits per heavy atom. The van der Waals surface area contributed by atoms with Crippen molar-refractivity contribution >= 4 is 62.6 Å². The highest BCUT2D eigenvalue weighted by Gasteiger charge is 2.38. The van der Waals surface area contributed by atoms with Crippen LogP contribution in [0.15, 0.2) is 66.9 Å². The van der Waals surface area contributed by atoms with Gasteiger partial charge in [-0.05, 0) is 113 Å². The predicted octanol–water partition coefficient (Wildman–Crippen LogP) is 9.47. The molecule has 0 unspecified atom stereocenters. The van der Waals surface area contributed by atoms with E-state index in [1.54, 1.807) is 33.9 Å². The lowest BCUT2D eigenvalue weighted by atomic mass is 9.97. The highest BCUT2D eigenvalue weighted by molar-refractivity contribution is 6.35. The molecule has 0 bridgehead atoms. The number of benzene rings is 3. The first-order chi connectivity index (χ1) is 28.8. The summed E-state index contributed by atoms with van der Waals surface area (Å²) in [5, 5.41) is 23.0. The first kappa shape index (κ1) is 40.8. The summed E-state index contributed by atoms with van der Waals surface area (Å²) in [4.78, 5) is 43.7. The number of rotatable bonds is 12. The first-order valence-corrected chi connectivity index (χ1v) is 20.4. The lowest BCUT2D eigenvalue weighted by Crippen LogP contribution is -2.43. The van der Waals surface area contributed by atoms with Gasteiger partial charge in [-0.1, -0.05) is 35.3 Å². The zero-order valence-corrected chi connectivity index (χ0v) is 35.6. The van der Waals surface area contributed by atoms with Crippen LogP contribution in [0.5, 0.6) is 11.5 Å². The number of carbonyl (C=O) groups is 2. The fourth-order valence-electron chi connectivity index (χ4n) is 8.75. The lowest BCUT2D eigenvalue weighted by Gasteiger charge is -2.35. The van der Waals surface area contributed by atoms with Crippen LogP contribution in [0.3, 0.4) is 0 Å². The number of carboxylic acids is 1. The molecule has 0 saturated heterocycles. The predicted molar refractivity (Wildman–Crippen MR) is 233 cm³/mol. The summed E-state index contributed by atoms with van der Waals surface area (Å²) in [6, 6.07) is 18.1. The van der Waals surface area contributed by atoms with E-state index in [4.69, 9.17) is 32.7 Å². The van der Waals surface area contributed by atoms with E-state index < -0.39 is 5.97 Å². The quantitative estimate of drug-likeness (QED) is 0.115. The molecule has 14 heteroatoms. The van der Waals surface area contributed by atoms with Gasteiger partial charge in [0.2, 0.25) is 0 Å². The molecule has 0 spiro atoms. The summed E-state index contributed by atoms with van der Waals surface area (Å²) >= 11 is 13.6. The Labute approximate surface area is 356 Å². The third-order valence-electron chi connectivity index (χ3n) is 11.3. The molecule has 60 heavy (non-hydrogen) atoms. The first-order valence-electron chi connectivity index (χ1n) is 19.7. The van der Waals surface area contributed by atoms with Crippen LogP contribution >= 0.6 is 23.2 Å². The number of aliphatic hydroxyl groups is 1. The number of anilines is 1. The van der Waals surface area contributed by atoms with Gasteiger partial charge in [0.1, 0.15) is 29.5 Å². The average molecular weight is 848 g/mol. The molecule has 12 nitrogen and oxygen atoms in total. The van der Waals surface area contributed by atoms with Crippen molar-refractivity contribution in [2.45, 2.75) is 66.7 Å². The number of methoxy groups -OCH3 is 1. The van der Waals surface area contributed by atoms with Gasteiger partial charge in [0.15, 0.2) is 5.82 Å². The minimum absolute atomic E-state index is 0.0410. The summed E-state index contributed by atoms with van der Waals surface area (Å²) in [6.07, 6.45) is 2.74. The van der Waals surface area contributed by atoms with Crippen molar-refractivity contribution in [3.8, 4) is 22.6 Å². The summed E-state index contributed by atoms with van der Waals surface area (Å²) < 4.78 is 15.8. The van der Waals surface area contributed by atoms with Gasteiger partial charge in [-0.3, -0.25) is 9.78 Å². The lowest BCUT2D eigenvalue weighted by molar-refractivity contribution is 0.0686. The number of halogens is 2. The molecule has 1 aliphatic rings. The Morgan fingerprint density at radius 1 is 0.933 bits per heavy atom. The van der Waals surface area contributed by atoms with Crippen LogP contribution in [0.2, 0.25) is 10.0 Å². The number of amides is 1. The maximum absolute atomic E-state index is 15.5. The number of ether oxygens (including phenoxy) is 2. The van der Waals surface area contributed by atoms with Crippen LogP contribution in [0.25, 0.3) is 32.9 Å². The van der Waals surface area contributed by atoms with E-state index in [1.165, 1.54) is 7.11 Å². The molecule has 5 heterocycles. The van der Waals surface area contributed by atoms with Gasteiger partial charge < -0.3 is 33.7 Å². The smallest absolute Gasteiger partial charge is 0.352 e. The standard InChI is InChI=1S/C46H44Cl2N6O6/c1-24-18-30(19-25(2)41(24)48)60-17-9-11-31-32-12-13-34(47)40(39-27(4)50-38(23-55)51-28(39)5)43(32)54-26(3)21-53(45(56)44(31)54)35-14-15-37(59-6)33-20-36(46(57)58)52(42(33)35)22-29-10-7-8-16-49-29/h7-8,10,12-16,18-20,26,55H,9,11,17,21-23H2,1-6H3,(H,57,58)/t26-/m1/s1. The Hall–Kier alpha value is -5.95. The van der Waals surface area contributed by atoms with Gasteiger partial charge in [-0.25, -0.2) is 14.8 Å². The summed E-state index contributed by atoms with van der Waals surface area (Å²) in [5.41, 5.74) is 8.51. The Morgan fingerprint density at radius 3 is 2.32 bits per heavy atom. The van der Waals surface area contributed by atoms with E-state index in [1.807, 2.05) is 70.2 Å². The monoisotopic (exact) mass is 846 g/mol. The maximum atomic E-state index is 15.5. The van der Waals surface area contributed by atoms with Crippen LogP contribution in [0.1, 0.15) is 80.0 Å². The van der Waals surface area contributed by atoms with E-state index >= 15 is 4.79 Å². The number of nitrogens with zero attached hydrogens (tertiary/aromatic N) is 6. The molecular weight excluding hydrogens is 803 g/mol. The fourth-order valence-corrected chi connectivity index (χ4v) is 9.10. The van der Waals surface area contributed by atoms with E-state index in [9.17, 15) is 15.0 Å². The van der Waals surface area contributed by atoms with Crippen molar-refractivity contribution in [2.24, 2.45) is 0 Å². The number of aromatic nitrogens is 5. The minimum atomic E-state index is -1.12. The van der Waals surface area contributed by atoms with Crippen molar-refractivity contribution in [1.82, 2.24) is 24.1 Å². The molecule has 1 amide bonds. The Balaban J connectivity index is 1.31. The van der Waals surface area contributed by atoms with Gasteiger partial charge in [-0.15, -0.1) is 0 Å². The van der Waals surface area contributed by atoms with Gasteiger partial charge in [0.25, 0.3) is 5.91 Å². The van der Waals surface area contributed by atoms with Crippen LogP contribution in [-0.4, -0.2) is 66.4 Å². The average Bonchev–Trinajstić information content (AvgIpc) is 3.77. The second kappa shape index (κ2) is 16.2. The van der Waals surface area contributed by atoms with Gasteiger partial charge >= 0.3 is 5.97 Å². The fraction of sp³-hybridized carbons (Fsp3) is 0.283. The SMILES string of the molecule is COc1ccc(N2C[C@@H](C)n3c(c(CCCOc4cc(C)c(Cl)c(C)c4)c4ccc(Cl)c(-c5c(C)nc(CO)nc5C)c43)C2=O)c2c1cc(C(=O)O)n2Cc1ccccn1. The third-order valence-corrected chi connectivity index (χ3v) is 12.2. The summed E-state index contributed by atoms with van der Waals surface area (Å²) in [7, 11) is 1.54. The molecule has 0 aliphatic carbocycles. The van der Waals surface area contributed by atoms with Crippen molar-refractivity contribution in [2.75, 3.05) is 25.2 Å². The second-order valence-electron chi connectivity index (χ2n) is 15.2. The van der Waals surface area contributed by atoms with E-state index in [2.05, 4.69) is 26.4 Å². The van der Waals surface area contributed by atoms with E-state index in [0.29, 0.717) is 86.0 Å². The Kier molecular flexibility index (Phi) is 11.1.